The summed E-state index contributed by atoms with van der Waals surface area (Å²) >= 11 is 0. The molecule has 0 aromatic heterocycles. The second-order valence-corrected chi connectivity index (χ2v) is 4.26. The van der Waals surface area contributed by atoms with Crippen molar-refractivity contribution in [3.05, 3.63) is 0 Å². The summed E-state index contributed by atoms with van der Waals surface area (Å²) in [4.78, 5) is 11.2. The number of esters is 1. The average Bonchev–Trinajstić information content (AvgIpc) is 2.74. The van der Waals surface area contributed by atoms with Gasteiger partial charge in [0.1, 0.15) is 6.10 Å². The van der Waals surface area contributed by atoms with Crippen molar-refractivity contribution in [2.45, 2.75) is 39.7 Å². The van der Waals surface area contributed by atoms with E-state index < -0.39 is 0 Å². The van der Waals surface area contributed by atoms with Crippen LogP contribution in [-0.4, -0.2) is 12.1 Å². The second kappa shape index (κ2) is 3.00. The maximum Gasteiger partial charge on any atom is 0.309 e. The quantitative estimate of drug-likeness (QED) is 0.537. The van der Waals surface area contributed by atoms with Gasteiger partial charge in [0.15, 0.2) is 0 Å². The third-order valence-corrected chi connectivity index (χ3v) is 3.89. The van der Waals surface area contributed by atoms with Crippen LogP contribution in [0.2, 0.25) is 0 Å². The van der Waals surface area contributed by atoms with Gasteiger partial charge < -0.3 is 4.74 Å². The van der Waals surface area contributed by atoms with Gasteiger partial charge in [0.05, 0.1) is 5.92 Å². The fourth-order valence-electron chi connectivity index (χ4n) is 3.25. The molecule has 0 N–H and O–H groups in total. The van der Waals surface area contributed by atoms with E-state index in [1.807, 2.05) is 13.8 Å². The van der Waals surface area contributed by atoms with Crippen LogP contribution in [-0.2, 0) is 9.53 Å². The zero-order valence-electron chi connectivity index (χ0n) is 8.62. The lowest BCUT2D eigenvalue weighted by atomic mass is 9.83. The Balaban J connectivity index is 0.000000308. The highest BCUT2D eigenvalue weighted by Crippen LogP contribution is 2.56. The molecule has 0 radical (unpaired) electrons. The Morgan fingerprint density at radius 1 is 1.31 bits per heavy atom. The van der Waals surface area contributed by atoms with Crippen molar-refractivity contribution in [1.29, 1.82) is 0 Å². The van der Waals surface area contributed by atoms with Gasteiger partial charge in [-0.05, 0) is 24.7 Å². The van der Waals surface area contributed by atoms with Gasteiger partial charge in [0, 0.05) is 5.92 Å². The molecule has 2 heteroatoms. The molecule has 0 aromatic rings. The molecule has 0 amide bonds. The van der Waals surface area contributed by atoms with E-state index in [4.69, 9.17) is 4.74 Å². The summed E-state index contributed by atoms with van der Waals surface area (Å²) in [6.45, 7) is 6.23. The number of hydrogen-bond donors (Lipinski definition) is 0. The first-order chi connectivity index (χ1) is 6.27. The van der Waals surface area contributed by atoms with Crippen LogP contribution in [0.25, 0.3) is 0 Å². The third-order valence-electron chi connectivity index (χ3n) is 3.89. The van der Waals surface area contributed by atoms with E-state index in [0.29, 0.717) is 23.9 Å². The van der Waals surface area contributed by atoms with Gasteiger partial charge in [-0.25, -0.2) is 0 Å². The Morgan fingerprint density at radius 2 is 2.00 bits per heavy atom. The molecule has 2 bridgehead atoms. The van der Waals surface area contributed by atoms with Crippen LogP contribution in [0.1, 0.15) is 33.6 Å². The van der Waals surface area contributed by atoms with Gasteiger partial charge in [0.2, 0.25) is 0 Å². The smallest absolute Gasteiger partial charge is 0.309 e. The minimum Gasteiger partial charge on any atom is -0.462 e. The van der Waals surface area contributed by atoms with Crippen molar-refractivity contribution < 1.29 is 9.53 Å². The molecule has 1 saturated heterocycles. The number of carbonyl (C=O) groups excluding carboxylic acids is 1. The van der Waals surface area contributed by atoms with Crippen LogP contribution in [0.15, 0.2) is 0 Å². The lowest BCUT2D eigenvalue weighted by Gasteiger charge is -2.20. The molecule has 13 heavy (non-hydrogen) atoms. The van der Waals surface area contributed by atoms with E-state index in [1.165, 1.54) is 6.42 Å². The fraction of sp³-hybridized carbons (Fsp3) is 0.909. The molecular formula is C11H18O2. The summed E-state index contributed by atoms with van der Waals surface area (Å²) in [7, 11) is 0. The van der Waals surface area contributed by atoms with E-state index in [0.717, 1.165) is 12.3 Å². The maximum atomic E-state index is 11.2. The predicted octanol–water partition coefficient (Wildman–Crippen LogP) is 2.23. The highest BCUT2D eigenvalue weighted by Gasteiger charge is 2.59. The van der Waals surface area contributed by atoms with E-state index in [-0.39, 0.29) is 5.97 Å². The van der Waals surface area contributed by atoms with Crippen molar-refractivity contribution in [3.63, 3.8) is 0 Å². The van der Waals surface area contributed by atoms with Gasteiger partial charge in [-0.2, -0.15) is 0 Å². The topological polar surface area (TPSA) is 26.3 Å². The Bertz CT molecular complexity index is 224. The Morgan fingerprint density at radius 3 is 2.54 bits per heavy atom. The number of hydrogen-bond acceptors (Lipinski definition) is 2. The third kappa shape index (κ3) is 1.04. The highest BCUT2D eigenvalue weighted by molar-refractivity contribution is 5.76. The first-order valence-electron chi connectivity index (χ1n) is 5.48. The zero-order valence-corrected chi connectivity index (χ0v) is 8.62. The van der Waals surface area contributed by atoms with E-state index in [2.05, 4.69) is 6.92 Å². The van der Waals surface area contributed by atoms with Crippen molar-refractivity contribution >= 4 is 5.97 Å². The largest absolute Gasteiger partial charge is 0.462 e. The van der Waals surface area contributed by atoms with Crippen LogP contribution in [0.5, 0.6) is 0 Å². The monoisotopic (exact) mass is 182 g/mol. The van der Waals surface area contributed by atoms with E-state index in [1.54, 1.807) is 0 Å². The molecular weight excluding hydrogens is 164 g/mol. The minimum atomic E-state index is 0.0897. The maximum absolute atomic E-state index is 11.2. The van der Waals surface area contributed by atoms with Crippen molar-refractivity contribution in [3.8, 4) is 0 Å². The normalized spacial score (nSPS) is 50.1. The summed E-state index contributed by atoms with van der Waals surface area (Å²) < 4.78 is 5.31. The van der Waals surface area contributed by atoms with Crippen LogP contribution < -0.4 is 0 Å². The van der Waals surface area contributed by atoms with Crippen molar-refractivity contribution in [2.75, 3.05) is 0 Å². The number of fused-ring (bicyclic) bond motifs is 1. The number of rotatable bonds is 0. The van der Waals surface area contributed by atoms with Gasteiger partial charge >= 0.3 is 5.97 Å². The SMILES string of the molecule is CC.CC1C2CC3C(=O)OC1C3C2. The van der Waals surface area contributed by atoms with E-state index >= 15 is 0 Å². The molecule has 0 spiro atoms. The molecule has 2 nitrogen and oxygen atoms in total. The lowest BCUT2D eigenvalue weighted by molar-refractivity contribution is -0.144. The van der Waals surface area contributed by atoms with Crippen LogP contribution in [0.4, 0.5) is 0 Å². The second-order valence-electron chi connectivity index (χ2n) is 4.26. The van der Waals surface area contributed by atoms with Gasteiger partial charge in [-0.1, -0.05) is 20.8 Å². The Hall–Kier alpha value is -0.530. The van der Waals surface area contributed by atoms with Crippen molar-refractivity contribution in [1.82, 2.24) is 0 Å². The first kappa shape index (κ1) is 9.04. The molecule has 2 aliphatic carbocycles. The molecule has 1 heterocycles. The predicted molar refractivity (Wildman–Crippen MR) is 50.1 cm³/mol. The van der Waals surface area contributed by atoms with E-state index in [9.17, 15) is 4.79 Å². The molecule has 74 valence electrons. The summed E-state index contributed by atoms with van der Waals surface area (Å²) in [5.41, 5.74) is 0. The number of carbonyl (C=O) groups is 1. The number of ether oxygens (including phenoxy) is 1. The minimum absolute atomic E-state index is 0.0897. The van der Waals surface area contributed by atoms with Crippen LogP contribution in [0.3, 0.4) is 0 Å². The lowest BCUT2D eigenvalue weighted by Crippen LogP contribution is -2.24. The summed E-state index contributed by atoms with van der Waals surface area (Å²) in [5.74, 6) is 2.42. The van der Waals surface area contributed by atoms with Gasteiger partial charge in [0.25, 0.3) is 0 Å². The molecule has 5 atom stereocenters. The zero-order chi connectivity index (χ0) is 9.59. The highest BCUT2D eigenvalue weighted by atomic mass is 16.6. The van der Waals surface area contributed by atoms with Crippen LogP contribution in [0, 0.1) is 23.7 Å². The summed E-state index contributed by atoms with van der Waals surface area (Å²) in [6.07, 6.45) is 2.66. The molecule has 2 saturated carbocycles. The molecule has 3 rings (SSSR count). The molecule has 3 fully saturated rings. The van der Waals surface area contributed by atoms with Gasteiger partial charge in [-0.15, -0.1) is 0 Å². The van der Waals surface area contributed by atoms with Crippen LogP contribution >= 0.6 is 0 Å². The van der Waals surface area contributed by atoms with Crippen molar-refractivity contribution in [2.24, 2.45) is 23.7 Å². The fourth-order valence-corrected chi connectivity index (χ4v) is 3.25. The first-order valence-corrected chi connectivity index (χ1v) is 5.48. The van der Waals surface area contributed by atoms with Gasteiger partial charge in [-0.3, -0.25) is 4.79 Å². The Labute approximate surface area is 79.7 Å². The summed E-state index contributed by atoms with van der Waals surface area (Å²) in [6, 6.07) is 0. The molecule has 1 aliphatic heterocycles. The Kier molecular flexibility index (Phi) is 2.09. The molecule has 3 aliphatic rings. The molecule has 5 unspecified atom stereocenters. The average molecular weight is 182 g/mol. The standard InChI is InChI=1S/C9H12O2.C2H6/c1-4-5-2-6-7(3-5)9(10)11-8(4)6;1-2/h4-8H,2-3H2,1H3;1-2H3. The molecule has 0 aromatic carbocycles. The summed E-state index contributed by atoms with van der Waals surface area (Å²) in [5, 5.41) is 0.